The number of methoxy groups -OCH3 is 1. The zero-order valence-electron chi connectivity index (χ0n) is 15.7. The lowest BCUT2D eigenvalue weighted by Gasteiger charge is -2.16. The molecular formula is C20H22N2O4S. The molecule has 2 aromatic carbocycles. The van der Waals surface area contributed by atoms with Crippen LogP contribution in [0, 0.1) is 0 Å². The van der Waals surface area contributed by atoms with Crippen molar-refractivity contribution in [2.75, 3.05) is 12.4 Å². The Bertz CT molecular complexity index is 1020. The number of carbonyl (C=O) groups is 1. The van der Waals surface area contributed by atoms with Gasteiger partial charge in [0.2, 0.25) is 0 Å². The van der Waals surface area contributed by atoms with E-state index in [1.54, 1.807) is 36.8 Å². The number of anilines is 1. The van der Waals surface area contributed by atoms with Crippen LogP contribution in [0.3, 0.4) is 0 Å². The van der Waals surface area contributed by atoms with Gasteiger partial charge in [-0.05, 0) is 51.1 Å². The molecule has 0 saturated carbocycles. The van der Waals surface area contributed by atoms with Crippen LogP contribution in [0.25, 0.3) is 10.2 Å². The van der Waals surface area contributed by atoms with Crippen LogP contribution >= 0.6 is 11.3 Å². The summed E-state index contributed by atoms with van der Waals surface area (Å²) in [5.41, 5.74) is 1.50. The first kappa shape index (κ1) is 19.0. The van der Waals surface area contributed by atoms with Gasteiger partial charge in [0.15, 0.2) is 17.6 Å². The van der Waals surface area contributed by atoms with Gasteiger partial charge >= 0.3 is 4.87 Å². The van der Waals surface area contributed by atoms with Gasteiger partial charge in [-0.3, -0.25) is 14.2 Å². The molecule has 1 N–H and O–H groups in total. The first-order valence-corrected chi connectivity index (χ1v) is 9.48. The molecule has 1 amide bonds. The van der Waals surface area contributed by atoms with E-state index in [0.29, 0.717) is 17.2 Å². The third kappa shape index (κ3) is 3.98. The molecule has 0 saturated heterocycles. The highest BCUT2D eigenvalue weighted by molar-refractivity contribution is 7.16. The molecule has 1 unspecified atom stereocenters. The maximum atomic E-state index is 12.5. The van der Waals surface area contributed by atoms with Crippen molar-refractivity contribution in [3.63, 3.8) is 0 Å². The SMILES string of the molecule is COc1ccccc1OC(C)C(=O)Nc1ccc2c(c1)sc(=O)n2C(C)C. The highest BCUT2D eigenvalue weighted by Crippen LogP contribution is 2.27. The molecule has 0 bridgehead atoms. The molecule has 1 heterocycles. The van der Waals surface area contributed by atoms with Gasteiger partial charge in [-0.25, -0.2) is 0 Å². The Labute approximate surface area is 161 Å². The zero-order chi connectivity index (χ0) is 19.6. The van der Waals surface area contributed by atoms with E-state index in [1.165, 1.54) is 11.3 Å². The Morgan fingerprint density at radius 3 is 2.48 bits per heavy atom. The minimum Gasteiger partial charge on any atom is -0.493 e. The number of ether oxygens (including phenoxy) is 2. The largest absolute Gasteiger partial charge is 0.493 e. The second kappa shape index (κ2) is 7.84. The lowest BCUT2D eigenvalue weighted by atomic mass is 10.2. The Morgan fingerprint density at radius 1 is 1.11 bits per heavy atom. The molecule has 0 aliphatic heterocycles. The van der Waals surface area contributed by atoms with Crippen molar-refractivity contribution in [3.8, 4) is 11.5 Å². The summed E-state index contributed by atoms with van der Waals surface area (Å²) in [4.78, 5) is 24.6. The predicted molar refractivity (Wildman–Crippen MR) is 108 cm³/mol. The Balaban J connectivity index is 1.76. The van der Waals surface area contributed by atoms with Crippen LogP contribution in [0.1, 0.15) is 26.8 Å². The number of carbonyl (C=O) groups excluding carboxylic acids is 1. The van der Waals surface area contributed by atoms with Crippen LogP contribution < -0.4 is 19.7 Å². The summed E-state index contributed by atoms with van der Waals surface area (Å²) >= 11 is 1.17. The van der Waals surface area contributed by atoms with Crippen LogP contribution in [0.4, 0.5) is 5.69 Å². The molecule has 7 heteroatoms. The van der Waals surface area contributed by atoms with E-state index in [4.69, 9.17) is 9.47 Å². The Morgan fingerprint density at radius 2 is 1.81 bits per heavy atom. The van der Waals surface area contributed by atoms with Gasteiger partial charge in [-0.2, -0.15) is 0 Å². The van der Waals surface area contributed by atoms with E-state index in [0.717, 1.165) is 10.2 Å². The number of amides is 1. The molecule has 0 aliphatic rings. The Hall–Kier alpha value is -2.80. The first-order chi connectivity index (χ1) is 12.9. The van der Waals surface area contributed by atoms with Gasteiger partial charge in [0.05, 0.1) is 17.3 Å². The zero-order valence-corrected chi connectivity index (χ0v) is 16.5. The lowest BCUT2D eigenvalue weighted by Crippen LogP contribution is -2.30. The molecule has 0 radical (unpaired) electrons. The number of hydrogen-bond acceptors (Lipinski definition) is 5. The average molecular weight is 386 g/mol. The number of aromatic nitrogens is 1. The third-order valence-electron chi connectivity index (χ3n) is 4.14. The highest BCUT2D eigenvalue weighted by atomic mass is 32.1. The topological polar surface area (TPSA) is 69.6 Å². The fourth-order valence-corrected chi connectivity index (χ4v) is 3.86. The Kier molecular flexibility index (Phi) is 5.51. The van der Waals surface area contributed by atoms with Gasteiger partial charge in [0, 0.05) is 11.7 Å². The maximum Gasteiger partial charge on any atom is 0.308 e. The number of benzene rings is 2. The van der Waals surface area contributed by atoms with Crippen LogP contribution in [0.15, 0.2) is 47.3 Å². The first-order valence-electron chi connectivity index (χ1n) is 8.66. The highest BCUT2D eigenvalue weighted by Gasteiger charge is 2.18. The predicted octanol–water partition coefficient (Wildman–Crippen LogP) is 4.06. The molecule has 1 atom stereocenters. The number of para-hydroxylation sites is 2. The number of nitrogens with zero attached hydrogens (tertiary/aromatic N) is 1. The van der Waals surface area contributed by atoms with Crippen molar-refractivity contribution in [2.24, 2.45) is 0 Å². The van der Waals surface area contributed by atoms with E-state index >= 15 is 0 Å². The molecule has 0 aliphatic carbocycles. The fourth-order valence-electron chi connectivity index (χ4n) is 2.81. The van der Waals surface area contributed by atoms with Gasteiger partial charge < -0.3 is 14.8 Å². The van der Waals surface area contributed by atoms with E-state index in [2.05, 4.69) is 5.32 Å². The maximum absolute atomic E-state index is 12.5. The number of thiazole rings is 1. The molecule has 0 fully saturated rings. The van der Waals surface area contributed by atoms with E-state index in [1.807, 2.05) is 38.1 Å². The van der Waals surface area contributed by atoms with E-state index < -0.39 is 6.10 Å². The summed E-state index contributed by atoms with van der Waals surface area (Å²) in [6, 6.07) is 12.7. The minimum atomic E-state index is -0.712. The molecule has 1 aromatic heterocycles. The average Bonchev–Trinajstić information content (AvgIpc) is 2.97. The lowest BCUT2D eigenvalue weighted by molar-refractivity contribution is -0.122. The van der Waals surface area contributed by atoms with Crippen molar-refractivity contribution in [2.45, 2.75) is 32.9 Å². The summed E-state index contributed by atoms with van der Waals surface area (Å²) in [7, 11) is 1.55. The van der Waals surface area contributed by atoms with Crippen molar-refractivity contribution >= 4 is 33.1 Å². The quantitative estimate of drug-likeness (QED) is 0.694. The van der Waals surface area contributed by atoms with Crippen LogP contribution in [-0.4, -0.2) is 23.7 Å². The van der Waals surface area contributed by atoms with Crippen molar-refractivity contribution in [1.82, 2.24) is 4.57 Å². The fraction of sp³-hybridized carbons (Fsp3) is 0.300. The number of hydrogen-bond donors (Lipinski definition) is 1. The summed E-state index contributed by atoms with van der Waals surface area (Å²) in [5.74, 6) is 0.791. The molecule has 142 valence electrons. The molecule has 3 aromatic rings. The molecule has 0 spiro atoms. The van der Waals surface area contributed by atoms with Crippen LogP contribution in [0.2, 0.25) is 0 Å². The summed E-state index contributed by atoms with van der Waals surface area (Å²) in [5, 5.41) is 2.84. The second-order valence-electron chi connectivity index (χ2n) is 6.41. The van der Waals surface area contributed by atoms with Gasteiger partial charge in [0.1, 0.15) is 0 Å². The number of nitrogens with one attached hydrogen (secondary N) is 1. The van der Waals surface area contributed by atoms with Crippen molar-refractivity contribution < 1.29 is 14.3 Å². The third-order valence-corrected chi connectivity index (χ3v) is 5.06. The van der Waals surface area contributed by atoms with Gasteiger partial charge in [-0.1, -0.05) is 23.5 Å². The smallest absolute Gasteiger partial charge is 0.308 e. The molecule has 3 rings (SSSR count). The summed E-state index contributed by atoms with van der Waals surface area (Å²) in [6.07, 6.45) is -0.712. The monoisotopic (exact) mass is 386 g/mol. The van der Waals surface area contributed by atoms with Crippen LogP contribution in [-0.2, 0) is 4.79 Å². The number of fused-ring (bicyclic) bond motifs is 1. The molecular weight excluding hydrogens is 364 g/mol. The van der Waals surface area contributed by atoms with Crippen molar-refractivity contribution in [1.29, 1.82) is 0 Å². The standard InChI is InChI=1S/C20H22N2O4S/c1-12(2)22-15-10-9-14(11-18(15)27-20(22)24)21-19(23)13(3)26-17-8-6-5-7-16(17)25-4/h5-13H,1-4H3,(H,21,23). The van der Waals surface area contributed by atoms with Gasteiger partial charge in [-0.15, -0.1) is 0 Å². The van der Waals surface area contributed by atoms with Gasteiger partial charge in [0.25, 0.3) is 5.91 Å². The normalized spacial score (nSPS) is 12.2. The minimum absolute atomic E-state index is 0.00338. The second-order valence-corrected chi connectivity index (χ2v) is 7.41. The summed E-state index contributed by atoms with van der Waals surface area (Å²) in [6.45, 7) is 5.62. The van der Waals surface area contributed by atoms with E-state index in [9.17, 15) is 9.59 Å². The number of rotatable bonds is 6. The molecule has 6 nitrogen and oxygen atoms in total. The van der Waals surface area contributed by atoms with Crippen molar-refractivity contribution in [3.05, 3.63) is 52.1 Å². The summed E-state index contributed by atoms with van der Waals surface area (Å²) < 4.78 is 13.5. The van der Waals surface area contributed by atoms with Crippen LogP contribution in [0.5, 0.6) is 11.5 Å². The van der Waals surface area contributed by atoms with E-state index in [-0.39, 0.29) is 16.8 Å². The molecule has 27 heavy (non-hydrogen) atoms.